The molecule has 3 aromatic rings. The van der Waals surface area contributed by atoms with Gasteiger partial charge in [-0.1, -0.05) is 12.1 Å². The topological polar surface area (TPSA) is 79.4 Å². The van der Waals surface area contributed by atoms with Crippen molar-refractivity contribution in [2.75, 3.05) is 36.2 Å². The summed E-state index contributed by atoms with van der Waals surface area (Å²) in [6, 6.07) is 16.8. The fourth-order valence-electron chi connectivity index (χ4n) is 2.58. The van der Waals surface area contributed by atoms with Crippen LogP contribution < -0.4 is 20.3 Å². The molecule has 0 saturated heterocycles. The van der Waals surface area contributed by atoms with E-state index in [2.05, 4.69) is 20.6 Å². The highest BCUT2D eigenvalue weighted by Crippen LogP contribution is 2.24. The third-order valence-corrected chi connectivity index (χ3v) is 3.99. The number of hydrogen-bond acceptors (Lipinski definition) is 6. The van der Waals surface area contributed by atoms with E-state index in [1.54, 1.807) is 12.1 Å². The minimum Gasteiger partial charge on any atom is -0.492 e. The molecular weight excluding hydrogens is 354 g/mol. The molecule has 0 fully saturated rings. The van der Waals surface area contributed by atoms with Crippen molar-refractivity contribution in [1.29, 1.82) is 0 Å². The molecule has 144 valence electrons. The third kappa shape index (κ3) is 4.76. The number of nitrogens with zero attached hydrogens (tertiary/aromatic N) is 3. The number of hydrogen-bond donors (Lipinski definition) is 2. The number of benzene rings is 2. The van der Waals surface area contributed by atoms with E-state index in [4.69, 9.17) is 4.74 Å². The molecule has 0 aliphatic carbocycles. The predicted molar refractivity (Wildman–Crippen MR) is 112 cm³/mol. The molecule has 0 bridgehead atoms. The summed E-state index contributed by atoms with van der Waals surface area (Å²) in [5.74, 6) is 0.822. The molecule has 0 atom stereocenters. The van der Waals surface area contributed by atoms with Crippen LogP contribution in [0, 0.1) is 0 Å². The fraction of sp³-hybridized carbons (Fsp3) is 0.190. The zero-order chi connectivity index (χ0) is 19.9. The highest BCUT2D eigenvalue weighted by atomic mass is 16.5. The van der Waals surface area contributed by atoms with Crippen molar-refractivity contribution < 1.29 is 9.53 Å². The van der Waals surface area contributed by atoms with E-state index in [1.165, 1.54) is 6.33 Å². The first-order valence-corrected chi connectivity index (χ1v) is 8.96. The number of amides is 1. The number of aromatic nitrogens is 2. The predicted octanol–water partition coefficient (Wildman–Crippen LogP) is 3.94. The molecule has 7 nitrogen and oxygen atoms in total. The highest BCUT2D eigenvalue weighted by molar-refractivity contribution is 6.04. The lowest BCUT2D eigenvalue weighted by Gasteiger charge is -2.13. The Balaban J connectivity index is 1.73. The summed E-state index contributed by atoms with van der Waals surface area (Å²) in [4.78, 5) is 22.9. The van der Waals surface area contributed by atoms with E-state index in [9.17, 15) is 4.79 Å². The maximum atomic E-state index is 12.6. The van der Waals surface area contributed by atoms with Gasteiger partial charge in [-0.3, -0.25) is 4.79 Å². The van der Waals surface area contributed by atoms with Crippen molar-refractivity contribution in [2.45, 2.75) is 6.92 Å². The molecule has 0 saturated carbocycles. The van der Waals surface area contributed by atoms with E-state index in [0.717, 1.165) is 11.4 Å². The Hall–Kier alpha value is -3.61. The van der Waals surface area contributed by atoms with Crippen LogP contribution in [0.5, 0.6) is 5.75 Å². The smallest absolute Gasteiger partial charge is 0.274 e. The van der Waals surface area contributed by atoms with Gasteiger partial charge >= 0.3 is 0 Å². The van der Waals surface area contributed by atoms with Crippen LogP contribution in [-0.4, -0.2) is 36.6 Å². The lowest BCUT2D eigenvalue weighted by molar-refractivity contribution is 0.102. The molecule has 2 N–H and O–H groups in total. The first-order valence-electron chi connectivity index (χ1n) is 8.96. The number of para-hydroxylation sites is 2. The molecule has 1 heterocycles. The Bertz CT molecular complexity index is 942. The molecule has 1 aromatic heterocycles. The van der Waals surface area contributed by atoms with Gasteiger partial charge in [-0.15, -0.1) is 0 Å². The Morgan fingerprint density at radius 1 is 1.07 bits per heavy atom. The molecule has 0 aliphatic heterocycles. The summed E-state index contributed by atoms with van der Waals surface area (Å²) in [6.45, 7) is 2.41. The van der Waals surface area contributed by atoms with Gasteiger partial charge in [-0.25, -0.2) is 9.97 Å². The number of ether oxygens (including phenoxy) is 1. The SMILES string of the molecule is CCOc1ccccc1NC(=O)c1cc(Nc2ccc(N(C)C)cc2)ncn1. The van der Waals surface area contributed by atoms with E-state index >= 15 is 0 Å². The summed E-state index contributed by atoms with van der Waals surface area (Å²) in [5.41, 5.74) is 2.83. The summed E-state index contributed by atoms with van der Waals surface area (Å²) < 4.78 is 5.54. The maximum Gasteiger partial charge on any atom is 0.274 e. The lowest BCUT2D eigenvalue weighted by Crippen LogP contribution is -2.15. The van der Waals surface area contributed by atoms with Gasteiger partial charge < -0.3 is 20.3 Å². The molecule has 3 rings (SSSR count). The second-order valence-corrected chi connectivity index (χ2v) is 6.24. The van der Waals surface area contributed by atoms with Crippen molar-refractivity contribution in [1.82, 2.24) is 9.97 Å². The van der Waals surface area contributed by atoms with E-state index < -0.39 is 0 Å². The summed E-state index contributed by atoms with van der Waals surface area (Å²) >= 11 is 0. The number of carbonyl (C=O) groups excluding carboxylic acids is 1. The Kier molecular flexibility index (Phi) is 6.06. The van der Waals surface area contributed by atoms with Crippen LogP contribution in [0.25, 0.3) is 0 Å². The van der Waals surface area contributed by atoms with Gasteiger partial charge in [0.1, 0.15) is 23.6 Å². The molecule has 7 heteroatoms. The second kappa shape index (κ2) is 8.85. The van der Waals surface area contributed by atoms with Crippen molar-refractivity contribution in [3.8, 4) is 5.75 Å². The van der Waals surface area contributed by atoms with Crippen LogP contribution in [0.15, 0.2) is 60.9 Å². The molecule has 28 heavy (non-hydrogen) atoms. The van der Waals surface area contributed by atoms with E-state index in [0.29, 0.717) is 23.9 Å². The monoisotopic (exact) mass is 377 g/mol. The van der Waals surface area contributed by atoms with Gasteiger partial charge in [0.2, 0.25) is 0 Å². The Morgan fingerprint density at radius 2 is 1.82 bits per heavy atom. The number of rotatable bonds is 7. The van der Waals surface area contributed by atoms with Crippen LogP contribution >= 0.6 is 0 Å². The molecule has 0 unspecified atom stereocenters. The zero-order valence-corrected chi connectivity index (χ0v) is 16.1. The lowest BCUT2D eigenvalue weighted by atomic mass is 10.2. The first kappa shape index (κ1) is 19.2. The minimum atomic E-state index is -0.333. The second-order valence-electron chi connectivity index (χ2n) is 6.24. The minimum absolute atomic E-state index is 0.258. The summed E-state index contributed by atoms with van der Waals surface area (Å²) in [6.07, 6.45) is 1.36. The largest absolute Gasteiger partial charge is 0.492 e. The van der Waals surface area contributed by atoms with Crippen LogP contribution in [-0.2, 0) is 0 Å². The van der Waals surface area contributed by atoms with Gasteiger partial charge in [-0.05, 0) is 43.3 Å². The third-order valence-electron chi connectivity index (χ3n) is 3.99. The number of anilines is 4. The zero-order valence-electron chi connectivity index (χ0n) is 16.1. The molecule has 0 spiro atoms. The Labute approximate surface area is 164 Å². The average Bonchev–Trinajstić information content (AvgIpc) is 2.70. The maximum absolute atomic E-state index is 12.6. The van der Waals surface area contributed by atoms with Crippen LogP contribution in [0.4, 0.5) is 22.9 Å². The van der Waals surface area contributed by atoms with Crippen molar-refractivity contribution in [3.05, 3.63) is 66.6 Å². The Morgan fingerprint density at radius 3 is 2.54 bits per heavy atom. The summed E-state index contributed by atoms with van der Waals surface area (Å²) in [7, 11) is 3.98. The van der Waals surface area contributed by atoms with E-state index in [-0.39, 0.29) is 11.6 Å². The molecular formula is C21H23N5O2. The molecule has 0 radical (unpaired) electrons. The number of nitrogens with one attached hydrogen (secondary N) is 2. The van der Waals surface area contributed by atoms with Crippen molar-refractivity contribution in [3.63, 3.8) is 0 Å². The highest BCUT2D eigenvalue weighted by Gasteiger charge is 2.12. The van der Waals surface area contributed by atoms with Crippen LogP contribution in [0.2, 0.25) is 0 Å². The average molecular weight is 377 g/mol. The standard InChI is InChI=1S/C21H23N5O2/c1-4-28-19-8-6-5-7-17(19)25-21(27)18-13-20(23-14-22-18)24-15-9-11-16(12-10-15)26(2)3/h5-14H,4H2,1-3H3,(H,25,27)(H,22,23,24). The van der Waals surface area contributed by atoms with Crippen molar-refractivity contribution >= 4 is 28.8 Å². The molecule has 1 amide bonds. The summed E-state index contributed by atoms with van der Waals surface area (Å²) in [5, 5.41) is 6.02. The van der Waals surface area contributed by atoms with Gasteiger partial charge in [0.15, 0.2) is 0 Å². The number of carbonyl (C=O) groups is 1. The molecule has 0 aliphatic rings. The van der Waals surface area contributed by atoms with Gasteiger partial charge in [0.25, 0.3) is 5.91 Å². The van der Waals surface area contributed by atoms with Gasteiger partial charge in [0.05, 0.1) is 12.3 Å². The van der Waals surface area contributed by atoms with Crippen molar-refractivity contribution in [2.24, 2.45) is 0 Å². The quantitative estimate of drug-likeness (QED) is 0.649. The fourth-order valence-corrected chi connectivity index (χ4v) is 2.58. The first-order chi connectivity index (χ1) is 13.6. The molecule has 2 aromatic carbocycles. The normalized spacial score (nSPS) is 10.2. The van der Waals surface area contributed by atoms with Gasteiger partial charge in [-0.2, -0.15) is 0 Å². The van der Waals surface area contributed by atoms with E-state index in [1.807, 2.05) is 68.4 Å². The van der Waals surface area contributed by atoms with Crippen LogP contribution in [0.3, 0.4) is 0 Å². The van der Waals surface area contributed by atoms with Gasteiger partial charge in [0, 0.05) is 31.5 Å². The van der Waals surface area contributed by atoms with Crippen LogP contribution in [0.1, 0.15) is 17.4 Å².